The van der Waals surface area contributed by atoms with Crippen LogP contribution in [0.1, 0.15) is 26.2 Å². The molecule has 0 aliphatic rings. The van der Waals surface area contributed by atoms with Crippen molar-refractivity contribution in [2.24, 2.45) is 5.73 Å². The Balaban J connectivity index is 2.41. The molecule has 1 aromatic rings. The molecule has 0 radical (unpaired) electrons. The van der Waals surface area contributed by atoms with Gasteiger partial charge in [0.15, 0.2) is 0 Å². The van der Waals surface area contributed by atoms with Crippen LogP contribution in [0.15, 0.2) is 17.2 Å². The lowest BCUT2D eigenvalue weighted by atomic mass is 10.2. The molecular formula is C10H17N3OS. The molecule has 1 aromatic heterocycles. The maximum absolute atomic E-state index is 11.6. The number of nitrogens with two attached hydrogens (primary N) is 1. The van der Waals surface area contributed by atoms with Crippen molar-refractivity contribution < 1.29 is 0 Å². The van der Waals surface area contributed by atoms with Crippen molar-refractivity contribution in [2.75, 3.05) is 0 Å². The van der Waals surface area contributed by atoms with Crippen molar-refractivity contribution in [1.29, 1.82) is 0 Å². The van der Waals surface area contributed by atoms with Gasteiger partial charge in [-0.05, 0) is 26.2 Å². The fraction of sp³-hybridized carbons (Fsp3) is 0.600. The van der Waals surface area contributed by atoms with Gasteiger partial charge in [-0.3, -0.25) is 9.13 Å². The number of aryl methyl sites for hydroxylation is 2. The van der Waals surface area contributed by atoms with Crippen molar-refractivity contribution >= 4 is 17.2 Å². The molecule has 0 aromatic carbocycles. The Morgan fingerprint density at radius 2 is 2.07 bits per heavy atom. The maximum atomic E-state index is 11.6. The first-order valence-electron chi connectivity index (χ1n) is 5.19. The highest BCUT2D eigenvalue weighted by Gasteiger charge is 2.00. The Labute approximate surface area is 94.7 Å². The van der Waals surface area contributed by atoms with Gasteiger partial charge in [-0.15, -0.1) is 0 Å². The van der Waals surface area contributed by atoms with Crippen LogP contribution in [0.5, 0.6) is 0 Å². The molecule has 2 N–H and O–H groups in total. The Hall–Kier alpha value is -1.10. The molecule has 84 valence electrons. The molecule has 0 atom stereocenters. The van der Waals surface area contributed by atoms with Gasteiger partial charge < -0.3 is 5.73 Å². The first kappa shape index (κ1) is 12.0. The standard InChI is InChI=1S/C10H17N3OS/c1-2-12-7-8-13(10(12)14)6-4-3-5-9(11)15/h7-8H,2-6H2,1H3,(H2,11,15). The maximum Gasteiger partial charge on any atom is 0.328 e. The number of unbranched alkanes of at least 4 members (excludes halogenated alkanes) is 1. The van der Waals surface area contributed by atoms with E-state index >= 15 is 0 Å². The first-order chi connectivity index (χ1) is 7.15. The average Bonchev–Trinajstić information content (AvgIpc) is 2.54. The molecule has 5 heteroatoms. The monoisotopic (exact) mass is 227 g/mol. The number of aromatic nitrogens is 2. The lowest BCUT2D eigenvalue weighted by Gasteiger charge is -2.01. The second-order valence-corrected chi connectivity index (χ2v) is 4.01. The third kappa shape index (κ3) is 3.51. The summed E-state index contributed by atoms with van der Waals surface area (Å²) < 4.78 is 3.41. The number of thiocarbonyl (C=S) groups is 1. The highest BCUT2D eigenvalue weighted by atomic mass is 32.1. The van der Waals surface area contributed by atoms with Gasteiger partial charge in [0, 0.05) is 25.5 Å². The second-order valence-electron chi connectivity index (χ2n) is 3.48. The van der Waals surface area contributed by atoms with Crippen LogP contribution < -0.4 is 11.4 Å². The highest BCUT2D eigenvalue weighted by Crippen LogP contribution is 1.98. The van der Waals surface area contributed by atoms with E-state index in [0.717, 1.165) is 32.4 Å². The minimum atomic E-state index is 0.0628. The summed E-state index contributed by atoms with van der Waals surface area (Å²) in [6, 6.07) is 0. The van der Waals surface area contributed by atoms with E-state index in [0.29, 0.717) is 4.99 Å². The van der Waals surface area contributed by atoms with Gasteiger partial charge in [0.05, 0.1) is 4.99 Å². The van der Waals surface area contributed by atoms with E-state index in [1.54, 1.807) is 9.13 Å². The zero-order valence-corrected chi connectivity index (χ0v) is 9.80. The number of nitrogens with zero attached hydrogens (tertiary/aromatic N) is 2. The summed E-state index contributed by atoms with van der Waals surface area (Å²) in [5.41, 5.74) is 5.45. The van der Waals surface area contributed by atoms with Gasteiger partial charge in [0.1, 0.15) is 0 Å². The molecule has 0 aliphatic carbocycles. The molecule has 15 heavy (non-hydrogen) atoms. The summed E-state index contributed by atoms with van der Waals surface area (Å²) in [5, 5.41) is 0. The van der Waals surface area contributed by atoms with E-state index in [1.807, 2.05) is 19.3 Å². The van der Waals surface area contributed by atoms with Crippen molar-refractivity contribution in [2.45, 2.75) is 39.3 Å². The van der Waals surface area contributed by atoms with Gasteiger partial charge >= 0.3 is 5.69 Å². The Bertz CT molecular complexity index is 380. The smallest absolute Gasteiger partial charge is 0.328 e. The zero-order valence-electron chi connectivity index (χ0n) is 8.98. The van der Waals surface area contributed by atoms with Gasteiger partial charge in [0.2, 0.25) is 0 Å². The largest absolute Gasteiger partial charge is 0.393 e. The van der Waals surface area contributed by atoms with Crippen molar-refractivity contribution in [3.8, 4) is 0 Å². The predicted octanol–water partition coefficient (Wildman–Crippen LogP) is 1.13. The van der Waals surface area contributed by atoms with Crippen LogP contribution in [-0.2, 0) is 13.1 Å². The summed E-state index contributed by atoms with van der Waals surface area (Å²) in [5.74, 6) is 0. The van der Waals surface area contributed by atoms with Crippen LogP contribution in [0.25, 0.3) is 0 Å². The molecule has 1 heterocycles. The lowest BCUT2D eigenvalue weighted by Crippen LogP contribution is -2.23. The minimum absolute atomic E-state index is 0.0628. The molecule has 0 saturated carbocycles. The van der Waals surface area contributed by atoms with Gasteiger partial charge in [-0.2, -0.15) is 0 Å². The van der Waals surface area contributed by atoms with E-state index in [9.17, 15) is 4.79 Å². The van der Waals surface area contributed by atoms with Crippen LogP contribution in [-0.4, -0.2) is 14.1 Å². The molecule has 0 fully saturated rings. The summed E-state index contributed by atoms with van der Waals surface area (Å²) in [6.07, 6.45) is 6.28. The Kier molecular flexibility index (Phi) is 4.55. The first-order valence-corrected chi connectivity index (χ1v) is 5.60. The number of hydrogen-bond donors (Lipinski definition) is 1. The summed E-state index contributed by atoms with van der Waals surface area (Å²) in [4.78, 5) is 12.2. The molecule has 0 spiro atoms. The van der Waals surface area contributed by atoms with E-state index in [2.05, 4.69) is 0 Å². The molecule has 4 nitrogen and oxygen atoms in total. The summed E-state index contributed by atoms with van der Waals surface area (Å²) in [7, 11) is 0. The molecular weight excluding hydrogens is 210 g/mol. The zero-order chi connectivity index (χ0) is 11.3. The molecule has 0 bridgehead atoms. The molecule has 0 unspecified atom stereocenters. The molecule has 0 amide bonds. The topological polar surface area (TPSA) is 52.9 Å². The van der Waals surface area contributed by atoms with Crippen LogP contribution in [0, 0.1) is 0 Å². The van der Waals surface area contributed by atoms with Crippen molar-refractivity contribution in [3.05, 3.63) is 22.9 Å². The van der Waals surface area contributed by atoms with Crippen LogP contribution in [0.2, 0.25) is 0 Å². The average molecular weight is 227 g/mol. The fourth-order valence-corrected chi connectivity index (χ4v) is 1.59. The van der Waals surface area contributed by atoms with E-state index in [1.165, 1.54) is 0 Å². The lowest BCUT2D eigenvalue weighted by molar-refractivity contribution is 0.582. The predicted molar refractivity (Wildman–Crippen MR) is 65.0 cm³/mol. The summed E-state index contributed by atoms with van der Waals surface area (Å²) >= 11 is 4.78. The van der Waals surface area contributed by atoms with Gasteiger partial charge in [-0.1, -0.05) is 12.2 Å². The molecule has 1 rings (SSSR count). The fourth-order valence-electron chi connectivity index (χ4n) is 1.45. The third-order valence-corrected chi connectivity index (χ3v) is 2.53. The second kappa shape index (κ2) is 5.70. The Morgan fingerprint density at radius 3 is 2.60 bits per heavy atom. The minimum Gasteiger partial charge on any atom is -0.393 e. The number of imidazole rings is 1. The normalized spacial score (nSPS) is 10.5. The van der Waals surface area contributed by atoms with Crippen LogP contribution in [0.4, 0.5) is 0 Å². The SMILES string of the molecule is CCn1ccn(CCCCC(N)=S)c1=O. The van der Waals surface area contributed by atoms with E-state index < -0.39 is 0 Å². The molecule has 0 saturated heterocycles. The van der Waals surface area contributed by atoms with Gasteiger partial charge in [0.25, 0.3) is 0 Å². The Morgan fingerprint density at radius 1 is 1.40 bits per heavy atom. The van der Waals surface area contributed by atoms with Gasteiger partial charge in [-0.25, -0.2) is 4.79 Å². The van der Waals surface area contributed by atoms with Crippen molar-refractivity contribution in [3.63, 3.8) is 0 Å². The highest BCUT2D eigenvalue weighted by molar-refractivity contribution is 7.80. The van der Waals surface area contributed by atoms with Crippen molar-refractivity contribution in [1.82, 2.24) is 9.13 Å². The van der Waals surface area contributed by atoms with Crippen LogP contribution in [0.3, 0.4) is 0 Å². The number of rotatable bonds is 6. The van der Waals surface area contributed by atoms with Crippen LogP contribution >= 0.6 is 12.2 Å². The van der Waals surface area contributed by atoms with E-state index in [-0.39, 0.29) is 5.69 Å². The molecule has 0 aliphatic heterocycles. The van der Waals surface area contributed by atoms with E-state index in [4.69, 9.17) is 18.0 Å². The number of hydrogen-bond acceptors (Lipinski definition) is 2. The third-order valence-electron chi connectivity index (χ3n) is 2.33. The quantitative estimate of drug-likeness (QED) is 0.585. The summed E-state index contributed by atoms with van der Waals surface area (Å²) in [6.45, 7) is 3.42.